The van der Waals surface area contributed by atoms with E-state index in [9.17, 15) is 4.79 Å². The monoisotopic (exact) mass is 373 g/mol. The molecule has 3 aromatic rings. The molecule has 0 saturated heterocycles. The maximum Gasteiger partial charge on any atom is 0.251 e. The van der Waals surface area contributed by atoms with E-state index < -0.39 is 0 Å². The molecule has 0 saturated carbocycles. The molecule has 2 aromatic carbocycles. The summed E-state index contributed by atoms with van der Waals surface area (Å²) in [6.07, 6.45) is 4.69. The number of aromatic nitrogens is 2. The fourth-order valence-electron chi connectivity index (χ4n) is 4.05. The van der Waals surface area contributed by atoms with Crippen molar-refractivity contribution < 1.29 is 4.79 Å². The molecule has 4 nitrogen and oxygen atoms in total. The first-order valence-corrected chi connectivity index (χ1v) is 10.1. The van der Waals surface area contributed by atoms with Crippen molar-refractivity contribution in [3.05, 3.63) is 87.7 Å². The molecule has 0 radical (unpaired) electrons. The summed E-state index contributed by atoms with van der Waals surface area (Å²) in [6.45, 7) is 5.33. The highest BCUT2D eigenvalue weighted by Gasteiger charge is 2.15. The number of benzene rings is 2. The summed E-state index contributed by atoms with van der Waals surface area (Å²) in [5, 5.41) is 7.77. The second-order valence-corrected chi connectivity index (χ2v) is 7.67. The van der Waals surface area contributed by atoms with Gasteiger partial charge in [0.05, 0.1) is 12.2 Å². The molecule has 0 aliphatic heterocycles. The van der Waals surface area contributed by atoms with Gasteiger partial charge in [-0.2, -0.15) is 5.10 Å². The third-order valence-corrected chi connectivity index (χ3v) is 5.74. The minimum atomic E-state index is -0.0111. The molecule has 1 aromatic heterocycles. The summed E-state index contributed by atoms with van der Waals surface area (Å²) in [5.41, 5.74) is 7.89. The number of carbonyl (C=O) groups excluding carboxylic acids is 1. The molecule has 0 spiro atoms. The highest BCUT2D eigenvalue weighted by Crippen LogP contribution is 2.22. The summed E-state index contributed by atoms with van der Waals surface area (Å²) in [7, 11) is 0. The smallest absolute Gasteiger partial charge is 0.251 e. The fourth-order valence-corrected chi connectivity index (χ4v) is 4.05. The molecule has 1 heterocycles. The van der Waals surface area contributed by atoms with Crippen molar-refractivity contribution in [2.75, 3.05) is 0 Å². The van der Waals surface area contributed by atoms with Gasteiger partial charge in [0.2, 0.25) is 0 Å². The number of hydrogen-bond donors (Lipinski definition) is 1. The second-order valence-electron chi connectivity index (χ2n) is 7.67. The molecule has 28 heavy (non-hydrogen) atoms. The minimum absolute atomic E-state index is 0.0111. The number of hydrogen-bond acceptors (Lipinski definition) is 2. The predicted molar refractivity (Wildman–Crippen MR) is 111 cm³/mol. The number of carbonyl (C=O) groups is 1. The average molecular weight is 374 g/mol. The van der Waals surface area contributed by atoms with Crippen LogP contribution in [0.2, 0.25) is 0 Å². The lowest BCUT2D eigenvalue weighted by molar-refractivity contribution is 0.0950. The molecule has 0 atom stereocenters. The molecule has 1 aliphatic rings. The van der Waals surface area contributed by atoms with Gasteiger partial charge in [-0.1, -0.05) is 36.4 Å². The maximum atomic E-state index is 12.7. The van der Waals surface area contributed by atoms with E-state index in [4.69, 9.17) is 0 Å². The van der Waals surface area contributed by atoms with Gasteiger partial charge in [-0.05, 0) is 68.4 Å². The van der Waals surface area contributed by atoms with E-state index in [0.29, 0.717) is 6.54 Å². The largest absolute Gasteiger partial charge is 0.348 e. The van der Waals surface area contributed by atoms with Crippen molar-refractivity contribution in [2.45, 2.75) is 52.6 Å². The molecular weight excluding hydrogens is 346 g/mol. The number of aryl methyl sites for hydroxylation is 3. The lowest BCUT2D eigenvalue weighted by Gasteiger charge is -2.16. The first kappa shape index (κ1) is 18.5. The van der Waals surface area contributed by atoms with Gasteiger partial charge in [0, 0.05) is 23.4 Å². The molecule has 4 rings (SSSR count). The van der Waals surface area contributed by atoms with E-state index in [1.54, 1.807) is 0 Å². The Balaban J connectivity index is 1.45. The lowest BCUT2D eigenvalue weighted by Crippen LogP contribution is -2.24. The highest BCUT2D eigenvalue weighted by atomic mass is 16.1. The van der Waals surface area contributed by atoms with Crippen LogP contribution in [0.15, 0.2) is 48.5 Å². The maximum absolute atomic E-state index is 12.7. The Morgan fingerprint density at radius 2 is 1.79 bits per heavy atom. The van der Waals surface area contributed by atoms with Crippen LogP contribution >= 0.6 is 0 Å². The third-order valence-electron chi connectivity index (χ3n) is 5.74. The quantitative estimate of drug-likeness (QED) is 0.722. The lowest BCUT2D eigenvalue weighted by atomic mass is 9.90. The van der Waals surface area contributed by atoms with Gasteiger partial charge in [-0.25, -0.2) is 0 Å². The average Bonchev–Trinajstić information content (AvgIpc) is 2.99. The summed E-state index contributed by atoms with van der Waals surface area (Å²) < 4.78 is 2.02. The van der Waals surface area contributed by atoms with Gasteiger partial charge in [-0.3, -0.25) is 9.48 Å². The van der Waals surface area contributed by atoms with Gasteiger partial charge in [0.1, 0.15) is 0 Å². The zero-order chi connectivity index (χ0) is 19.5. The number of nitrogens with one attached hydrogen (secondary N) is 1. The Hall–Kier alpha value is -2.88. The van der Waals surface area contributed by atoms with Gasteiger partial charge in [-0.15, -0.1) is 0 Å². The molecule has 144 valence electrons. The van der Waals surface area contributed by atoms with Crippen LogP contribution in [0.25, 0.3) is 0 Å². The van der Waals surface area contributed by atoms with Crippen molar-refractivity contribution in [1.82, 2.24) is 15.1 Å². The summed E-state index contributed by atoms with van der Waals surface area (Å²) >= 11 is 0. The third kappa shape index (κ3) is 3.86. The SMILES string of the molecule is Cc1nn(Cc2ccccc2)c(C)c1CNC(=O)c1ccc2c(c1)CCCC2. The van der Waals surface area contributed by atoms with Gasteiger partial charge in [0.25, 0.3) is 5.91 Å². The van der Waals surface area contributed by atoms with Crippen molar-refractivity contribution >= 4 is 5.91 Å². The van der Waals surface area contributed by atoms with Crippen LogP contribution in [-0.4, -0.2) is 15.7 Å². The summed E-state index contributed by atoms with van der Waals surface area (Å²) in [6, 6.07) is 16.5. The predicted octanol–water partition coefficient (Wildman–Crippen LogP) is 4.36. The van der Waals surface area contributed by atoms with Crippen LogP contribution in [0, 0.1) is 13.8 Å². The van der Waals surface area contributed by atoms with E-state index >= 15 is 0 Å². The van der Waals surface area contributed by atoms with E-state index in [2.05, 4.69) is 41.6 Å². The Bertz CT molecular complexity index is 989. The number of fused-ring (bicyclic) bond motifs is 1. The normalized spacial score (nSPS) is 13.2. The first-order chi connectivity index (χ1) is 13.6. The zero-order valence-corrected chi connectivity index (χ0v) is 16.7. The van der Waals surface area contributed by atoms with Crippen LogP contribution in [0.4, 0.5) is 0 Å². The van der Waals surface area contributed by atoms with Crippen LogP contribution in [-0.2, 0) is 25.9 Å². The zero-order valence-electron chi connectivity index (χ0n) is 16.7. The highest BCUT2D eigenvalue weighted by molar-refractivity contribution is 5.94. The Labute approximate surface area is 166 Å². The van der Waals surface area contributed by atoms with E-state index in [1.165, 1.54) is 29.5 Å². The molecule has 1 aliphatic carbocycles. The molecule has 0 unspecified atom stereocenters. The Morgan fingerprint density at radius 3 is 2.57 bits per heavy atom. The van der Waals surface area contributed by atoms with Crippen LogP contribution < -0.4 is 5.32 Å². The Morgan fingerprint density at radius 1 is 1.04 bits per heavy atom. The Kier molecular flexibility index (Phi) is 5.29. The van der Waals surface area contributed by atoms with Crippen molar-refractivity contribution in [2.24, 2.45) is 0 Å². The number of rotatable bonds is 5. The van der Waals surface area contributed by atoms with Gasteiger partial charge < -0.3 is 5.32 Å². The second kappa shape index (κ2) is 8.01. The molecule has 0 bridgehead atoms. The molecule has 0 fully saturated rings. The topological polar surface area (TPSA) is 46.9 Å². The summed E-state index contributed by atoms with van der Waals surface area (Å²) in [4.78, 5) is 12.7. The minimum Gasteiger partial charge on any atom is -0.348 e. The van der Waals surface area contributed by atoms with Crippen LogP contribution in [0.1, 0.15) is 56.8 Å². The van der Waals surface area contributed by atoms with Crippen molar-refractivity contribution in [3.63, 3.8) is 0 Å². The van der Waals surface area contributed by atoms with Crippen LogP contribution in [0.3, 0.4) is 0 Å². The number of nitrogens with zero attached hydrogens (tertiary/aromatic N) is 2. The standard InChI is InChI=1S/C24H27N3O/c1-17-23(18(2)27(26-17)16-19-8-4-3-5-9-19)15-25-24(28)22-13-12-20-10-6-7-11-21(20)14-22/h3-5,8-9,12-14H,6-7,10-11,15-16H2,1-2H3,(H,25,28). The fraction of sp³-hybridized carbons (Fsp3) is 0.333. The number of amides is 1. The molecule has 1 N–H and O–H groups in total. The molecule has 4 heteroatoms. The first-order valence-electron chi connectivity index (χ1n) is 10.1. The summed E-state index contributed by atoms with van der Waals surface area (Å²) in [5.74, 6) is -0.0111. The van der Waals surface area contributed by atoms with Gasteiger partial charge >= 0.3 is 0 Å². The molecule has 1 amide bonds. The molecular formula is C24H27N3O. The van der Waals surface area contributed by atoms with Crippen molar-refractivity contribution in [3.8, 4) is 0 Å². The van der Waals surface area contributed by atoms with E-state index in [0.717, 1.165) is 41.9 Å². The van der Waals surface area contributed by atoms with Crippen LogP contribution in [0.5, 0.6) is 0 Å². The van der Waals surface area contributed by atoms with E-state index in [-0.39, 0.29) is 5.91 Å². The van der Waals surface area contributed by atoms with E-state index in [1.807, 2.05) is 35.9 Å². The van der Waals surface area contributed by atoms with Gasteiger partial charge in [0.15, 0.2) is 0 Å². The van der Waals surface area contributed by atoms with Crippen molar-refractivity contribution in [1.29, 1.82) is 0 Å².